The molecule has 0 amide bonds. The van der Waals surface area contributed by atoms with Crippen molar-refractivity contribution < 1.29 is 24.1 Å². The van der Waals surface area contributed by atoms with Crippen LogP contribution in [-0.4, -0.2) is 37.9 Å². The van der Waals surface area contributed by atoms with Crippen LogP contribution in [0.5, 0.6) is 17.2 Å². The van der Waals surface area contributed by atoms with Crippen molar-refractivity contribution in [2.24, 2.45) is 11.7 Å². The van der Waals surface area contributed by atoms with Crippen LogP contribution in [0.15, 0.2) is 12.1 Å². The number of carbonyl (C=O) groups is 1. The molecule has 1 aromatic carbocycles. The molecule has 136 valence electrons. The fraction of sp³-hybridized carbons (Fsp3) is 0.611. The minimum atomic E-state index is -1.21. The lowest BCUT2D eigenvalue weighted by Gasteiger charge is -2.25. The lowest BCUT2D eigenvalue weighted by atomic mass is 9.84. The Morgan fingerprint density at radius 2 is 1.83 bits per heavy atom. The quantitative estimate of drug-likeness (QED) is 0.681. The summed E-state index contributed by atoms with van der Waals surface area (Å²) in [5.74, 6) is 1.09. The molecule has 0 bridgehead atoms. The number of aryl methyl sites for hydroxylation is 1. The molecule has 0 aliphatic heterocycles. The van der Waals surface area contributed by atoms with E-state index < -0.39 is 11.5 Å². The third-order valence-corrected chi connectivity index (χ3v) is 4.39. The van der Waals surface area contributed by atoms with E-state index in [1.807, 2.05) is 12.1 Å². The highest BCUT2D eigenvalue weighted by Crippen LogP contribution is 2.40. The van der Waals surface area contributed by atoms with Crippen LogP contribution in [0, 0.1) is 5.92 Å². The molecule has 0 aliphatic carbocycles. The zero-order valence-electron chi connectivity index (χ0n) is 15.2. The van der Waals surface area contributed by atoms with E-state index in [1.54, 1.807) is 28.3 Å². The monoisotopic (exact) mass is 339 g/mol. The van der Waals surface area contributed by atoms with Crippen molar-refractivity contribution in [3.05, 3.63) is 17.7 Å². The normalized spacial score (nSPS) is 14.6. The molecule has 0 aromatic heterocycles. The van der Waals surface area contributed by atoms with Gasteiger partial charge in [-0.25, -0.2) is 0 Å². The molecule has 6 heteroatoms. The average molecular weight is 339 g/mol. The van der Waals surface area contributed by atoms with Crippen molar-refractivity contribution in [3.63, 3.8) is 0 Å². The van der Waals surface area contributed by atoms with E-state index in [0.717, 1.165) is 24.8 Å². The van der Waals surface area contributed by atoms with E-state index in [2.05, 4.69) is 6.92 Å². The second-order valence-corrected chi connectivity index (χ2v) is 6.23. The van der Waals surface area contributed by atoms with Crippen molar-refractivity contribution in [1.29, 1.82) is 0 Å². The van der Waals surface area contributed by atoms with Gasteiger partial charge >= 0.3 is 5.97 Å². The zero-order valence-corrected chi connectivity index (χ0v) is 15.2. The molecule has 24 heavy (non-hydrogen) atoms. The minimum absolute atomic E-state index is 0.217. The Morgan fingerprint density at radius 1 is 1.21 bits per heavy atom. The number of nitrogens with two attached hydrogens (primary N) is 1. The highest BCUT2D eigenvalue weighted by molar-refractivity contribution is 5.77. The smallest absolute Gasteiger partial charge is 0.323 e. The Kier molecular flexibility index (Phi) is 7.35. The summed E-state index contributed by atoms with van der Waals surface area (Å²) in [6.45, 7) is 3.61. The summed E-state index contributed by atoms with van der Waals surface area (Å²) >= 11 is 0. The third kappa shape index (κ3) is 4.77. The number of hydrogen-bond donors (Lipinski definition) is 2. The summed E-state index contributed by atoms with van der Waals surface area (Å²) in [4.78, 5) is 11.2. The number of rotatable bonds is 10. The highest BCUT2D eigenvalue weighted by Gasteiger charge is 2.30. The van der Waals surface area contributed by atoms with E-state index in [-0.39, 0.29) is 5.92 Å². The summed E-state index contributed by atoms with van der Waals surface area (Å²) in [7, 11) is 4.75. The van der Waals surface area contributed by atoms with E-state index >= 15 is 0 Å². The predicted molar refractivity (Wildman–Crippen MR) is 93.0 cm³/mol. The Balaban J connectivity index is 2.91. The summed E-state index contributed by atoms with van der Waals surface area (Å²) < 4.78 is 16.2. The summed E-state index contributed by atoms with van der Waals surface area (Å²) in [6, 6.07) is 3.80. The number of ether oxygens (including phenoxy) is 3. The van der Waals surface area contributed by atoms with Crippen LogP contribution in [0.25, 0.3) is 0 Å². The van der Waals surface area contributed by atoms with E-state index in [9.17, 15) is 9.90 Å². The molecule has 0 saturated carbocycles. The van der Waals surface area contributed by atoms with E-state index in [1.165, 1.54) is 0 Å². The summed E-state index contributed by atoms with van der Waals surface area (Å²) in [5.41, 5.74) is 5.68. The van der Waals surface area contributed by atoms with Crippen LogP contribution in [0.2, 0.25) is 0 Å². The van der Waals surface area contributed by atoms with Crippen LogP contribution in [0.3, 0.4) is 0 Å². The van der Waals surface area contributed by atoms with Crippen molar-refractivity contribution in [2.45, 2.75) is 45.1 Å². The second kappa shape index (κ2) is 8.78. The van der Waals surface area contributed by atoms with Crippen LogP contribution >= 0.6 is 0 Å². The predicted octanol–water partition coefficient (Wildman–Crippen LogP) is 2.86. The second-order valence-electron chi connectivity index (χ2n) is 6.23. The number of methoxy groups -OCH3 is 3. The van der Waals surface area contributed by atoms with Gasteiger partial charge in [0.15, 0.2) is 11.5 Å². The molecule has 1 rings (SSSR count). The van der Waals surface area contributed by atoms with Crippen molar-refractivity contribution in [1.82, 2.24) is 0 Å². The van der Waals surface area contributed by atoms with Crippen LogP contribution in [0.1, 0.15) is 38.7 Å². The van der Waals surface area contributed by atoms with Gasteiger partial charge in [-0.1, -0.05) is 19.4 Å². The van der Waals surface area contributed by atoms with Gasteiger partial charge in [-0.2, -0.15) is 0 Å². The van der Waals surface area contributed by atoms with E-state index in [0.29, 0.717) is 23.7 Å². The van der Waals surface area contributed by atoms with Gasteiger partial charge in [0.25, 0.3) is 0 Å². The number of carboxylic acid groups (broad SMARTS) is 1. The first-order chi connectivity index (χ1) is 11.3. The first-order valence-corrected chi connectivity index (χ1v) is 8.10. The van der Waals surface area contributed by atoms with Crippen molar-refractivity contribution in [2.75, 3.05) is 21.3 Å². The van der Waals surface area contributed by atoms with Gasteiger partial charge < -0.3 is 25.1 Å². The molecule has 0 aliphatic rings. The number of aliphatic carboxylic acids is 1. The molecule has 0 heterocycles. The number of carboxylic acids is 1. The lowest BCUT2D eigenvalue weighted by Crippen LogP contribution is -2.46. The molecule has 2 unspecified atom stereocenters. The molecule has 2 atom stereocenters. The first kappa shape index (κ1) is 20.1. The highest BCUT2D eigenvalue weighted by atomic mass is 16.5. The van der Waals surface area contributed by atoms with Gasteiger partial charge in [0, 0.05) is 0 Å². The van der Waals surface area contributed by atoms with Gasteiger partial charge in [0.1, 0.15) is 5.54 Å². The number of benzene rings is 1. The lowest BCUT2D eigenvalue weighted by molar-refractivity contribution is -0.143. The Labute approximate surface area is 143 Å². The third-order valence-electron chi connectivity index (χ3n) is 4.39. The maximum atomic E-state index is 11.2. The largest absolute Gasteiger partial charge is 0.493 e. The molecule has 0 fully saturated rings. The van der Waals surface area contributed by atoms with Crippen molar-refractivity contribution >= 4 is 5.97 Å². The summed E-state index contributed by atoms with van der Waals surface area (Å²) in [6.07, 6.45) is 2.88. The Bertz CT molecular complexity index is 557. The van der Waals surface area contributed by atoms with Gasteiger partial charge in [0.2, 0.25) is 5.75 Å². The fourth-order valence-corrected chi connectivity index (χ4v) is 2.86. The summed E-state index contributed by atoms with van der Waals surface area (Å²) in [5, 5.41) is 9.20. The molecule has 1 aromatic rings. The van der Waals surface area contributed by atoms with Gasteiger partial charge in [-0.15, -0.1) is 0 Å². The van der Waals surface area contributed by atoms with Gasteiger partial charge in [-0.3, -0.25) is 4.79 Å². The fourth-order valence-electron chi connectivity index (χ4n) is 2.86. The Morgan fingerprint density at radius 3 is 2.29 bits per heavy atom. The first-order valence-electron chi connectivity index (χ1n) is 8.10. The SMILES string of the molecule is CCC(CCc1ccc(OC)c(OC)c1OC)CC(C)(N)C(=O)O. The number of hydrogen-bond acceptors (Lipinski definition) is 5. The molecular weight excluding hydrogens is 310 g/mol. The molecular formula is C18H29NO5. The molecule has 3 N–H and O–H groups in total. The molecule has 0 saturated heterocycles. The van der Waals surface area contributed by atoms with Gasteiger partial charge in [0.05, 0.1) is 21.3 Å². The maximum Gasteiger partial charge on any atom is 0.323 e. The minimum Gasteiger partial charge on any atom is -0.493 e. The topological polar surface area (TPSA) is 91.0 Å². The maximum absolute atomic E-state index is 11.2. The molecule has 0 spiro atoms. The Hall–Kier alpha value is -1.95. The van der Waals surface area contributed by atoms with Crippen LogP contribution in [0.4, 0.5) is 0 Å². The molecule has 0 radical (unpaired) electrons. The standard InChI is InChI=1S/C18H29NO5/c1-6-12(11-18(2,19)17(20)21)7-8-13-9-10-14(22-3)16(24-5)15(13)23-4/h9-10,12H,6-8,11,19H2,1-5H3,(H,20,21). The van der Waals surface area contributed by atoms with Crippen LogP contribution in [-0.2, 0) is 11.2 Å². The zero-order chi connectivity index (χ0) is 18.3. The average Bonchev–Trinajstić information content (AvgIpc) is 2.56. The van der Waals surface area contributed by atoms with E-state index in [4.69, 9.17) is 19.9 Å². The van der Waals surface area contributed by atoms with Gasteiger partial charge in [-0.05, 0) is 43.7 Å². The van der Waals surface area contributed by atoms with Crippen LogP contribution < -0.4 is 19.9 Å². The molecule has 6 nitrogen and oxygen atoms in total. The van der Waals surface area contributed by atoms with Crippen molar-refractivity contribution in [3.8, 4) is 17.2 Å².